The van der Waals surface area contributed by atoms with E-state index in [1.165, 1.54) is 128 Å². The van der Waals surface area contributed by atoms with Gasteiger partial charge in [0.2, 0.25) is 5.91 Å². The van der Waals surface area contributed by atoms with E-state index in [1.54, 1.807) is 0 Å². The number of unbranched alkanes of at least 4 members (excludes halogenated alkanes) is 24. The van der Waals surface area contributed by atoms with Gasteiger partial charge < -0.3 is 25.2 Å². The Labute approximate surface area is 304 Å². The van der Waals surface area contributed by atoms with E-state index in [4.69, 9.17) is 9.26 Å². The number of carbonyl (C=O) groups excluding carboxylic acids is 2. The number of nitrogens with one attached hydrogen (secondary N) is 1. The van der Waals surface area contributed by atoms with Crippen LogP contribution in [-0.4, -0.2) is 64.9 Å². The third kappa shape index (κ3) is 33.6. The van der Waals surface area contributed by atoms with Crippen LogP contribution in [0.15, 0.2) is 0 Å². The van der Waals surface area contributed by atoms with Gasteiger partial charge in [-0.15, -0.1) is 0 Å². The summed E-state index contributed by atoms with van der Waals surface area (Å²) in [5, 5.41) is 21.5. The quantitative estimate of drug-likeness (QED) is 0.0272. The lowest BCUT2D eigenvalue weighted by molar-refractivity contribution is -0.147. The first-order valence-electron chi connectivity index (χ1n) is 20.1. The number of hydrogen-bond acceptors (Lipinski definition) is 8. The summed E-state index contributed by atoms with van der Waals surface area (Å²) in [5.41, 5.74) is 0. The molecule has 0 saturated heterocycles. The minimum Gasteiger partial charge on any atom is -0.480 e. The number of aliphatic hydroxyl groups excluding tert-OH is 1. The number of carboxylic acid groups (broad SMARTS) is 1. The molecule has 0 aliphatic rings. The topological polar surface area (TPSA) is 169 Å². The fraction of sp³-hybridized carbons (Fsp3) is 0.921. The highest BCUT2D eigenvalue weighted by molar-refractivity contribution is 7.47. The first-order valence-corrected chi connectivity index (χ1v) is 21.6. The Morgan fingerprint density at radius 3 is 1.34 bits per heavy atom. The van der Waals surface area contributed by atoms with Crippen LogP contribution < -0.4 is 5.32 Å². The summed E-state index contributed by atoms with van der Waals surface area (Å²) in [6.07, 6.45) is 31.4. The molecule has 3 unspecified atom stereocenters. The number of carboxylic acids is 1. The Kier molecular flexibility index (Phi) is 33.5. The van der Waals surface area contributed by atoms with Crippen LogP contribution in [0.25, 0.3) is 0 Å². The van der Waals surface area contributed by atoms with Gasteiger partial charge in [-0.1, -0.05) is 168 Å². The van der Waals surface area contributed by atoms with Gasteiger partial charge in [0.25, 0.3) is 0 Å². The van der Waals surface area contributed by atoms with Crippen LogP contribution in [0.4, 0.5) is 0 Å². The van der Waals surface area contributed by atoms with Crippen LogP contribution in [0.1, 0.15) is 194 Å². The lowest BCUT2D eigenvalue weighted by Crippen LogP contribution is -2.43. The van der Waals surface area contributed by atoms with Gasteiger partial charge in [-0.3, -0.25) is 18.6 Å². The SMILES string of the molecule is CCCCCCCCCCCCCCCCCCCCCCCCCCC(=O)NC(COP(=O)(O)OCC(O)COC(=O)CCCC)C(=O)O. The summed E-state index contributed by atoms with van der Waals surface area (Å²) in [6.45, 7) is 2.31. The Hall–Kier alpha value is -1.52. The van der Waals surface area contributed by atoms with Gasteiger partial charge in [0.1, 0.15) is 12.7 Å². The van der Waals surface area contributed by atoms with Crippen molar-refractivity contribution in [1.82, 2.24) is 5.32 Å². The van der Waals surface area contributed by atoms with Gasteiger partial charge in [0, 0.05) is 12.8 Å². The van der Waals surface area contributed by atoms with Crippen molar-refractivity contribution in [2.75, 3.05) is 19.8 Å². The van der Waals surface area contributed by atoms with E-state index < -0.39 is 57.6 Å². The number of aliphatic carboxylic acids is 1. The van der Waals surface area contributed by atoms with E-state index in [0.717, 1.165) is 25.7 Å². The van der Waals surface area contributed by atoms with Crippen LogP contribution in [0.5, 0.6) is 0 Å². The first kappa shape index (κ1) is 48.5. The zero-order valence-electron chi connectivity index (χ0n) is 31.7. The summed E-state index contributed by atoms with van der Waals surface area (Å²) in [7, 11) is -4.72. The molecular weight excluding hydrogens is 661 g/mol. The molecule has 4 N–H and O–H groups in total. The number of aliphatic hydroxyl groups is 1. The highest BCUT2D eigenvalue weighted by Crippen LogP contribution is 2.43. The Morgan fingerprint density at radius 1 is 0.560 bits per heavy atom. The second kappa shape index (κ2) is 34.6. The lowest BCUT2D eigenvalue weighted by atomic mass is 10.0. The van der Waals surface area contributed by atoms with Crippen molar-refractivity contribution < 1.29 is 47.8 Å². The highest BCUT2D eigenvalue weighted by atomic mass is 31.2. The first-order chi connectivity index (χ1) is 24.1. The van der Waals surface area contributed by atoms with Crippen LogP contribution in [0.2, 0.25) is 0 Å². The maximum Gasteiger partial charge on any atom is 0.472 e. The average molecular weight is 736 g/mol. The molecule has 50 heavy (non-hydrogen) atoms. The highest BCUT2D eigenvalue weighted by Gasteiger charge is 2.28. The fourth-order valence-corrected chi connectivity index (χ4v) is 6.48. The maximum absolute atomic E-state index is 12.2. The molecule has 0 aliphatic carbocycles. The van der Waals surface area contributed by atoms with E-state index >= 15 is 0 Å². The molecule has 11 nitrogen and oxygen atoms in total. The van der Waals surface area contributed by atoms with Crippen molar-refractivity contribution >= 4 is 25.7 Å². The van der Waals surface area contributed by atoms with Gasteiger partial charge in [-0.2, -0.15) is 0 Å². The Balaban J connectivity index is 3.70. The summed E-state index contributed by atoms with van der Waals surface area (Å²) in [6, 6.07) is -1.54. The van der Waals surface area contributed by atoms with Crippen molar-refractivity contribution in [3.05, 3.63) is 0 Å². The lowest BCUT2D eigenvalue weighted by Gasteiger charge is -2.18. The standard InChI is InChI=1S/C38H74NO10P/c1-3-5-7-8-9-10-11-12-13-14-15-16-17-18-19-20-21-22-23-24-25-26-27-28-29-36(41)39-35(38(43)44)33-49-50(45,46)48-32-34(40)31-47-37(42)30-6-4-2/h34-35,40H,3-33H2,1-2H3,(H,39,41)(H,43,44)(H,45,46). The molecule has 3 atom stereocenters. The molecule has 0 saturated carbocycles. The number of rotatable bonds is 38. The molecule has 0 rings (SSSR count). The van der Waals surface area contributed by atoms with E-state index in [-0.39, 0.29) is 12.8 Å². The average Bonchev–Trinajstić information content (AvgIpc) is 3.09. The minimum atomic E-state index is -4.72. The summed E-state index contributed by atoms with van der Waals surface area (Å²) < 4.78 is 26.3. The zero-order chi connectivity index (χ0) is 37.1. The van der Waals surface area contributed by atoms with Crippen molar-refractivity contribution in [2.24, 2.45) is 0 Å². The smallest absolute Gasteiger partial charge is 0.472 e. The van der Waals surface area contributed by atoms with Crippen molar-refractivity contribution in [2.45, 2.75) is 206 Å². The Morgan fingerprint density at radius 2 is 0.940 bits per heavy atom. The van der Waals surface area contributed by atoms with Gasteiger partial charge in [-0.05, 0) is 12.8 Å². The van der Waals surface area contributed by atoms with Crippen LogP contribution >= 0.6 is 7.82 Å². The van der Waals surface area contributed by atoms with E-state index in [0.29, 0.717) is 12.8 Å². The minimum absolute atomic E-state index is 0.152. The largest absolute Gasteiger partial charge is 0.480 e. The molecule has 0 aromatic heterocycles. The second-order valence-corrected chi connectivity index (χ2v) is 15.3. The van der Waals surface area contributed by atoms with Gasteiger partial charge >= 0.3 is 19.8 Å². The normalized spacial score (nSPS) is 13.8. The van der Waals surface area contributed by atoms with Gasteiger partial charge in [-0.25, -0.2) is 9.36 Å². The van der Waals surface area contributed by atoms with Gasteiger partial charge in [0.05, 0.1) is 13.2 Å². The van der Waals surface area contributed by atoms with Crippen molar-refractivity contribution in [3.8, 4) is 0 Å². The number of phosphoric acid groups is 1. The summed E-state index contributed by atoms with van der Waals surface area (Å²) in [4.78, 5) is 45.1. The van der Waals surface area contributed by atoms with Crippen molar-refractivity contribution in [1.29, 1.82) is 0 Å². The predicted octanol–water partition coefficient (Wildman–Crippen LogP) is 9.56. The van der Waals surface area contributed by atoms with E-state index in [2.05, 4.69) is 16.8 Å². The molecule has 296 valence electrons. The number of ether oxygens (including phenoxy) is 1. The van der Waals surface area contributed by atoms with Crippen molar-refractivity contribution in [3.63, 3.8) is 0 Å². The number of amides is 1. The molecule has 0 radical (unpaired) electrons. The number of esters is 1. The molecule has 0 aromatic carbocycles. The molecule has 1 amide bonds. The number of hydrogen-bond donors (Lipinski definition) is 4. The zero-order valence-corrected chi connectivity index (χ0v) is 32.6. The molecule has 0 heterocycles. The van der Waals surface area contributed by atoms with E-state index in [1.807, 2.05) is 6.92 Å². The molecule has 12 heteroatoms. The molecule has 0 fully saturated rings. The molecule has 0 bridgehead atoms. The molecule has 0 aliphatic heterocycles. The molecule has 0 aromatic rings. The third-order valence-corrected chi connectivity index (χ3v) is 9.85. The van der Waals surface area contributed by atoms with Crippen LogP contribution in [0.3, 0.4) is 0 Å². The third-order valence-electron chi connectivity index (χ3n) is 8.90. The molecular formula is C38H74NO10P. The number of carbonyl (C=O) groups is 3. The summed E-state index contributed by atoms with van der Waals surface area (Å²) >= 11 is 0. The fourth-order valence-electron chi connectivity index (χ4n) is 5.71. The summed E-state index contributed by atoms with van der Waals surface area (Å²) in [5.74, 6) is -2.40. The van der Waals surface area contributed by atoms with Gasteiger partial charge in [0.15, 0.2) is 6.04 Å². The van der Waals surface area contributed by atoms with Crippen LogP contribution in [-0.2, 0) is 32.7 Å². The predicted molar refractivity (Wildman–Crippen MR) is 199 cm³/mol. The Bertz CT molecular complexity index is 875. The van der Waals surface area contributed by atoms with E-state index in [9.17, 15) is 34.1 Å². The monoisotopic (exact) mass is 736 g/mol. The maximum atomic E-state index is 12.2. The van der Waals surface area contributed by atoms with Crippen LogP contribution in [0, 0.1) is 0 Å². The number of phosphoric ester groups is 1. The molecule has 0 spiro atoms. The second-order valence-electron chi connectivity index (χ2n) is 13.8.